The molecule has 1 aliphatic heterocycles. The van der Waals surface area contributed by atoms with Crippen molar-refractivity contribution in [1.29, 1.82) is 0 Å². The third-order valence-electron chi connectivity index (χ3n) is 5.94. The van der Waals surface area contributed by atoms with Crippen LogP contribution in [0.2, 0.25) is 0 Å². The number of fused-ring (bicyclic) bond motifs is 1. The Bertz CT molecular complexity index is 1340. The number of nitrogens with one attached hydrogen (secondary N) is 2. The molecule has 0 saturated carbocycles. The second kappa shape index (κ2) is 8.64. The number of halogens is 3. The van der Waals surface area contributed by atoms with Crippen molar-refractivity contribution in [2.75, 3.05) is 12.4 Å². The molecule has 3 heterocycles. The third-order valence-corrected chi connectivity index (χ3v) is 6.25. The molecule has 0 amide bonds. The van der Waals surface area contributed by atoms with Gasteiger partial charge in [0.2, 0.25) is 0 Å². The summed E-state index contributed by atoms with van der Waals surface area (Å²) in [6.07, 6.45) is -3.26. The summed E-state index contributed by atoms with van der Waals surface area (Å²) < 4.78 is 50.5. The van der Waals surface area contributed by atoms with Gasteiger partial charge in [-0.1, -0.05) is 42.5 Å². The van der Waals surface area contributed by atoms with E-state index in [0.717, 1.165) is 15.8 Å². The van der Waals surface area contributed by atoms with Crippen LogP contribution in [0.5, 0.6) is 5.75 Å². The minimum absolute atomic E-state index is 0.194. The molecule has 5 rings (SSSR count). The summed E-state index contributed by atoms with van der Waals surface area (Å²) in [4.78, 5) is 0. The highest BCUT2D eigenvalue weighted by molar-refractivity contribution is 7.71. The van der Waals surface area contributed by atoms with Crippen molar-refractivity contribution in [1.82, 2.24) is 24.5 Å². The number of alkyl halides is 3. The number of H-pyrrole nitrogens is 1. The molecule has 0 saturated heterocycles. The Morgan fingerprint density at radius 2 is 1.85 bits per heavy atom. The summed E-state index contributed by atoms with van der Waals surface area (Å²) >= 11 is 5.41. The predicted octanol–water partition coefficient (Wildman–Crippen LogP) is 5.52. The van der Waals surface area contributed by atoms with Crippen LogP contribution in [-0.4, -0.2) is 37.8 Å². The van der Waals surface area contributed by atoms with Gasteiger partial charge in [-0.15, -0.1) is 0 Å². The van der Waals surface area contributed by atoms with Crippen LogP contribution in [0, 0.1) is 4.77 Å². The second-order valence-electron chi connectivity index (χ2n) is 8.04. The molecular weight excluding hydrogens is 465 g/mol. The summed E-state index contributed by atoms with van der Waals surface area (Å²) in [5.41, 5.74) is 2.15. The first-order valence-corrected chi connectivity index (χ1v) is 11.0. The van der Waals surface area contributed by atoms with E-state index in [-0.39, 0.29) is 12.2 Å². The number of hydrogen-bond donors (Lipinski definition) is 2. The van der Waals surface area contributed by atoms with Gasteiger partial charge < -0.3 is 10.1 Å². The summed E-state index contributed by atoms with van der Waals surface area (Å²) in [5.74, 6) is 1.30. The topological polar surface area (TPSA) is 72.7 Å². The molecular formula is C23H21F3N6OS. The van der Waals surface area contributed by atoms with Crippen LogP contribution >= 0.6 is 12.2 Å². The number of nitrogens with zero attached hydrogens (tertiary/aromatic N) is 4. The summed E-state index contributed by atoms with van der Waals surface area (Å²) in [7, 11) is 1.54. The highest BCUT2D eigenvalue weighted by Crippen LogP contribution is 2.46. The quantitative estimate of drug-likeness (QED) is 0.364. The van der Waals surface area contributed by atoms with Gasteiger partial charge in [0.25, 0.3) is 0 Å². The van der Waals surface area contributed by atoms with Crippen LogP contribution in [0.25, 0.3) is 11.4 Å². The minimum Gasteiger partial charge on any atom is -0.497 e. The van der Waals surface area contributed by atoms with E-state index in [9.17, 15) is 13.2 Å². The van der Waals surface area contributed by atoms with E-state index in [4.69, 9.17) is 17.0 Å². The molecule has 0 fully saturated rings. The minimum atomic E-state index is -4.47. The van der Waals surface area contributed by atoms with Crippen LogP contribution in [0.1, 0.15) is 29.6 Å². The lowest BCUT2D eigenvalue weighted by Crippen LogP contribution is -2.35. The van der Waals surface area contributed by atoms with E-state index in [1.165, 1.54) is 6.20 Å². The Morgan fingerprint density at radius 3 is 2.53 bits per heavy atom. The zero-order chi connectivity index (χ0) is 23.9. The molecule has 2 aromatic carbocycles. The molecule has 34 heavy (non-hydrogen) atoms. The molecule has 2 aromatic heterocycles. The number of aromatic nitrogens is 5. The van der Waals surface area contributed by atoms with Crippen molar-refractivity contribution in [3.05, 3.63) is 76.7 Å². The Labute approximate surface area is 198 Å². The van der Waals surface area contributed by atoms with E-state index in [2.05, 4.69) is 20.6 Å². The van der Waals surface area contributed by atoms with Gasteiger partial charge >= 0.3 is 6.18 Å². The van der Waals surface area contributed by atoms with Crippen molar-refractivity contribution in [2.45, 2.75) is 31.2 Å². The number of benzene rings is 2. The molecule has 2 atom stereocenters. The van der Waals surface area contributed by atoms with Crippen LogP contribution in [0.4, 0.5) is 19.0 Å². The molecule has 2 N–H and O–H groups in total. The maximum atomic E-state index is 14.1. The van der Waals surface area contributed by atoms with Gasteiger partial charge in [0.15, 0.2) is 16.6 Å². The summed E-state index contributed by atoms with van der Waals surface area (Å²) in [5, 5.41) is 14.5. The normalized spacial score (nSPS) is 17.8. The average molecular weight is 487 g/mol. The largest absolute Gasteiger partial charge is 0.497 e. The van der Waals surface area contributed by atoms with E-state index < -0.39 is 18.3 Å². The van der Waals surface area contributed by atoms with Crippen LogP contribution < -0.4 is 10.1 Å². The molecule has 2 unspecified atom stereocenters. The van der Waals surface area contributed by atoms with Crippen molar-refractivity contribution in [3.63, 3.8) is 0 Å². The van der Waals surface area contributed by atoms with Gasteiger partial charge in [-0.05, 0) is 35.5 Å². The highest BCUT2D eigenvalue weighted by atomic mass is 32.1. The number of methoxy groups -OCH3 is 1. The molecule has 0 radical (unpaired) electrons. The average Bonchev–Trinajstić information content (AvgIpc) is 3.41. The first-order valence-electron chi connectivity index (χ1n) is 10.6. The maximum Gasteiger partial charge on any atom is 0.410 e. The Balaban J connectivity index is 1.57. The lowest BCUT2D eigenvalue weighted by molar-refractivity contribution is -0.173. The molecule has 0 aliphatic carbocycles. The Morgan fingerprint density at radius 1 is 1.12 bits per heavy atom. The molecule has 1 aliphatic rings. The second-order valence-corrected chi connectivity index (χ2v) is 8.43. The van der Waals surface area contributed by atoms with Gasteiger partial charge in [-0.2, -0.15) is 23.4 Å². The van der Waals surface area contributed by atoms with E-state index in [0.29, 0.717) is 28.5 Å². The molecule has 0 bridgehead atoms. The van der Waals surface area contributed by atoms with Crippen molar-refractivity contribution >= 4 is 18.0 Å². The van der Waals surface area contributed by atoms with Gasteiger partial charge in [0.1, 0.15) is 11.6 Å². The number of aromatic amines is 1. The smallest absolute Gasteiger partial charge is 0.410 e. The highest BCUT2D eigenvalue weighted by Gasteiger charge is 2.47. The van der Waals surface area contributed by atoms with Crippen molar-refractivity contribution in [3.8, 4) is 17.1 Å². The molecule has 11 heteroatoms. The van der Waals surface area contributed by atoms with Crippen molar-refractivity contribution in [2.24, 2.45) is 0 Å². The van der Waals surface area contributed by atoms with E-state index in [1.54, 1.807) is 35.9 Å². The first-order chi connectivity index (χ1) is 16.3. The molecule has 4 aromatic rings. The summed E-state index contributed by atoms with van der Waals surface area (Å²) in [6.45, 7) is 0.417. The maximum absolute atomic E-state index is 14.1. The Hall–Kier alpha value is -3.60. The summed E-state index contributed by atoms with van der Waals surface area (Å²) in [6, 6.07) is 14.3. The fourth-order valence-corrected chi connectivity index (χ4v) is 4.41. The van der Waals surface area contributed by atoms with Crippen LogP contribution in [0.3, 0.4) is 0 Å². The molecule has 0 spiro atoms. The lowest BCUT2D eigenvalue weighted by atomic mass is 9.96. The van der Waals surface area contributed by atoms with E-state index in [1.807, 2.05) is 30.3 Å². The third kappa shape index (κ3) is 4.07. The zero-order valence-corrected chi connectivity index (χ0v) is 18.9. The fraction of sp³-hybridized carbons (Fsp3) is 0.261. The van der Waals surface area contributed by atoms with Gasteiger partial charge in [-0.25, -0.2) is 4.68 Å². The lowest BCUT2D eigenvalue weighted by Gasteiger charge is -2.34. The van der Waals surface area contributed by atoms with Gasteiger partial charge in [-0.3, -0.25) is 9.67 Å². The Kier molecular flexibility index (Phi) is 5.64. The number of anilines is 1. The fourth-order valence-electron chi connectivity index (χ4n) is 4.22. The monoisotopic (exact) mass is 486 g/mol. The molecule has 7 nitrogen and oxygen atoms in total. The molecule has 176 valence electrons. The standard InChI is InChI=1S/C23H21F3N6OS/c1-33-16-9-7-15(8-10-16)18-11-19(23(24,25)26)32-20(28-18)17(12-27-32)21-29-30-22(34)31(21)13-14-5-3-2-4-6-14/h2-10,12,18-19,28H,11,13H2,1H3,(H,30,34). The number of ether oxygens (including phenoxy) is 1. The zero-order valence-electron chi connectivity index (χ0n) is 18.1. The van der Waals surface area contributed by atoms with Crippen LogP contribution in [0.15, 0.2) is 60.8 Å². The number of hydrogen-bond acceptors (Lipinski definition) is 5. The number of rotatable bonds is 5. The van der Waals surface area contributed by atoms with E-state index >= 15 is 0 Å². The van der Waals surface area contributed by atoms with Gasteiger partial charge in [0, 0.05) is 6.42 Å². The SMILES string of the molecule is COc1ccc(C2CC(C(F)(F)F)n3ncc(-c4n[nH]c(=S)n4Cc4ccccc4)c3N2)cc1. The van der Waals surface area contributed by atoms with Crippen molar-refractivity contribution < 1.29 is 17.9 Å². The van der Waals surface area contributed by atoms with Gasteiger partial charge in [0.05, 0.1) is 31.5 Å². The first kappa shape index (κ1) is 22.2. The van der Waals surface area contributed by atoms with Crippen LogP contribution in [-0.2, 0) is 6.54 Å². The predicted molar refractivity (Wildman–Crippen MR) is 123 cm³/mol.